The van der Waals surface area contributed by atoms with Crippen molar-refractivity contribution in [2.75, 3.05) is 26.2 Å². The number of carbonyl (C=O) groups excluding carboxylic acids is 1. The number of likely N-dealkylation sites (N-methyl/N-ethyl adjacent to an activating group) is 1. The Labute approximate surface area is 176 Å². The van der Waals surface area contributed by atoms with Crippen molar-refractivity contribution in [2.45, 2.75) is 26.8 Å². The van der Waals surface area contributed by atoms with Crippen molar-refractivity contribution >= 4 is 23.5 Å². The Morgan fingerprint density at radius 2 is 1.93 bits per heavy atom. The van der Waals surface area contributed by atoms with Gasteiger partial charge in [0.25, 0.3) is 5.91 Å². The van der Waals surface area contributed by atoms with E-state index in [2.05, 4.69) is 25.9 Å². The van der Waals surface area contributed by atoms with Crippen LogP contribution in [0.15, 0.2) is 47.6 Å². The first kappa shape index (κ1) is 22.5. The summed E-state index contributed by atoms with van der Waals surface area (Å²) in [5.74, 6) is 1.26. The third kappa shape index (κ3) is 8.83. The Hall–Kier alpha value is -2.80. The normalized spacial score (nSPS) is 11.1. The second-order valence-corrected chi connectivity index (χ2v) is 6.64. The highest BCUT2D eigenvalue weighted by molar-refractivity contribution is 6.29. The standard InChI is InChI=1S/C21H28ClN5O2/c1-3-23-20(28)15-29-18-7-5-6-17(12-18)14-27-21(24-4-2)25-11-10-16-8-9-19(22)26-13-16/h5-9,12-13H,3-4,10-11,14-15H2,1-2H3,(H,23,28)(H2,24,25,27). The number of nitrogens with zero attached hydrogens (tertiary/aromatic N) is 2. The van der Waals surface area contributed by atoms with Gasteiger partial charge in [-0.25, -0.2) is 9.98 Å². The molecule has 156 valence electrons. The molecule has 0 fully saturated rings. The monoisotopic (exact) mass is 417 g/mol. The topological polar surface area (TPSA) is 87.6 Å². The van der Waals surface area contributed by atoms with E-state index >= 15 is 0 Å². The smallest absolute Gasteiger partial charge is 0.257 e. The zero-order chi connectivity index (χ0) is 20.9. The molecule has 8 heteroatoms. The zero-order valence-electron chi connectivity index (χ0n) is 16.9. The number of ether oxygens (including phenoxy) is 1. The fraction of sp³-hybridized carbons (Fsp3) is 0.381. The van der Waals surface area contributed by atoms with Crippen LogP contribution >= 0.6 is 11.6 Å². The fourth-order valence-electron chi connectivity index (χ4n) is 2.52. The molecule has 0 aliphatic carbocycles. The average Bonchev–Trinajstić information content (AvgIpc) is 2.72. The number of hydrogen-bond donors (Lipinski definition) is 3. The minimum atomic E-state index is -0.134. The van der Waals surface area contributed by atoms with E-state index in [1.807, 2.05) is 44.2 Å². The average molecular weight is 418 g/mol. The Morgan fingerprint density at radius 1 is 1.10 bits per heavy atom. The van der Waals surface area contributed by atoms with Gasteiger partial charge in [0, 0.05) is 25.8 Å². The zero-order valence-corrected chi connectivity index (χ0v) is 17.6. The van der Waals surface area contributed by atoms with Gasteiger partial charge in [0.05, 0.1) is 6.54 Å². The van der Waals surface area contributed by atoms with E-state index in [1.54, 1.807) is 12.3 Å². The second kappa shape index (κ2) is 12.6. The predicted molar refractivity (Wildman–Crippen MR) is 116 cm³/mol. The van der Waals surface area contributed by atoms with Crippen molar-refractivity contribution in [3.05, 3.63) is 58.9 Å². The van der Waals surface area contributed by atoms with Crippen LogP contribution in [-0.4, -0.2) is 43.1 Å². The van der Waals surface area contributed by atoms with Crippen molar-refractivity contribution < 1.29 is 9.53 Å². The van der Waals surface area contributed by atoms with Gasteiger partial charge < -0.3 is 20.7 Å². The summed E-state index contributed by atoms with van der Waals surface area (Å²) < 4.78 is 5.53. The lowest BCUT2D eigenvalue weighted by Crippen LogP contribution is -2.38. The fourth-order valence-corrected chi connectivity index (χ4v) is 2.63. The van der Waals surface area contributed by atoms with Crippen LogP contribution in [0.3, 0.4) is 0 Å². The number of nitrogens with one attached hydrogen (secondary N) is 3. The van der Waals surface area contributed by atoms with Crippen molar-refractivity contribution in [1.29, 1.82) is 0 Å². The molecule has 2 aromatic rings. The quantitative estimate of drug-likeness (QED) is 0.314. The van der Waals surface area contributed by atoms with E-state index in [0.717, 1.165) is 36.6 Å². The molecule has 0 unspecified atom stereocenters. The minimum absolute atomic E-state index is 0.00428. The molecule has 29 heavy (non-hydrogen) atoms. The molecular weight excluding hydrogens is 390 g/mol. The summed E-state index contributed by atoms with van der Waals surface area (Å²) in [6.07, 6.45) is 2.60. The number of pyridine rings is 1. The van der Waals surface area contributed by atoms with Crippen LogP contribution in [0.5, 0.6) is 5.75 Å². The Morgan fingerprint density at radius 3 is 2.66 bits per heavy atom. The van der Waals surface area contributed by atoms with E-state index in [-0.39, 0.29) is 12.5 Å². The molecule has 0 aliphatic heterocycles. The molecule has 1 heterocycles. The van der Waals surface area contributed by atoms with Crippen LogP contribution < -0.4 is 20.7 Å². The molecule has 0 radical (unpaired) electrons. The molecule has 1 aromatic heterocycles. The molecule has 0 saturated heterocycles. The number of halogens is 1. The SMILES string of the molecule is CCNC(=O)COc1cccc(CN=C(NCC)NCCc2ccc(Cl)nc2)c1. The number of aliphatic imine (C=N–C) groups is 1. The third-order valence-electron chi connectivity index (χ3n) is 3.90. The lowest BCUT2D eigenvalue weighted by molar-refractivity contribution is -0.122. The molecule has 1 amide bonds. The maximum atomic E-state index is 11.5. The van der Waals surface area contributed by atoms with Gasteiger partial charge in [-0.3, -0.25) is 4.79 Å². The van der Waals surface area contributed by atoms with Crippen molar-refractivity contribution in [3.8, 4) is 5.75 Å². The van der Waals surface area contributed by atoms with E-state index in [4.69, 9.17) is 16.3 Å². The van der Waals surface area contributed by atoms with Crippen LogP contribution in [0, 0.1) is 0 Å². The number of aromatic nitrogens is 1. The summed E-state index contributed by atoms with van der Waals surface area (Å²) in [6, 6.07) is 11.4. The van der Waals surface area contributed by atoms with Crippen LogP contribution in [0.4, 0.5) is 0 Å². The highest BCUT2D eigenvalue weighted by Gasteiger charge is 2.03. The van der Waals surface area contributed by atoms with Crippen molar-refractivity contribution in [1.82, 2.24) is 20.9 Å². The molecule has 0 atom stereocenters. The first-order chi connectivity index (χ1) is 14.1. The molecule has 3 N–H and O–H groups in total. The highest BCUT2D eigenvalue weighted by atomic mass is 35.5. The Bertz CT molecular complexity index is 796. The van der Waals surface area contributed by atoms with Gasteiger partial charge in [0.15, 0.2) is 12.6 Å². The number of guanidine groups is 1. The summed E-state index contributed by atoms with van der Waals surface area (Å²) in [5, 5.41) is 9.75. The largest absolute Gasteiger partial charge is 0.484 e. The number of carbonyl (C=O) groups is 1. The summed E-state index contributed by atoms with van der Waals surface area (Å²) in [6.45, 7) is 6.48. The Kier molecular flexibility index (Phi) is 9.78. The molecule has 2 rings (SSSR count). The van der Waals surface area contributed by atoms with Crippen LogP contribution in [-0.2, 0) is 17.8 Å². The van der Waals surface area contributed by atoms with Crippen LogP contribution in [0.1, 0.15) is 25.0 Å². The number of benzene rings is 1. The number of hydrogen-bond acceptors (Lipinski definition) is 4. The van der Waals surface area contributed by atoms with Crippen LogP contribution in [0.25, 0.3) is 0 Å². The first-order valence-corrected chi connectivity index (χ1v) is 10.1. The van der Waals surface area contributed by atoms with E-state index in [0.29, 0.717) is 24.0 Å². The molecule has 0 spiro atoms. The summed E-state index contributed by atoms with van der Waals surface area (Å²) >= 11 is 5.81. The predicted octanol–water partition coefficient (Wildman–Crippen LogP) is 2.55. The maximum absolute atomic E-state index is 11.5. The molecule has 0 bridgehead atoms. The lowest BCUT2D eigenvalue weighted by Gasteiger charge is -2.12. The first-order valence-electron chi connectivity index (χ1n) is 9.71. The van der Waals surface area contributed by atoms with Crippen LogP contribution in [0.2, 0.25) is 5.15 Å². The third-order valence-corrected chi connectivity index (χ3v) is 4.12. The van der Waals surface area contributed by atoms with Gasteiger partial charge >= 0.3 is 0 Å². The second-order valence-electron chi connectivity index (χ2n) is 6.25. The van der Waals surface area contributed by atoms with Gasteiger partial charge in [-0.1, -0.05) is 29.8 Å². The molecule has 0 aliphatic rings. The summed E-state index contributed by atoms with van der Waals surface area (Å²) in [4.78, 5) is 20.2. The minimum Gasteiger partial charge on any atom is -0.484 e. The van der Waals surface area contributed by atoms with Gasteiger partial charge in [-0.2, -0.15) is 0 Å². The molecule has 7 nitrogen and oxygen atoms in total. The summed E-state index contributed by atoms with van der Waals surface area (Å²) in [5.41, 5.74) is 2.10. The molecule has 0 saturated carbocycles. The maximum Gasteiger partial charge on any atom is 0.257 e. The van der Waals surface area contributed by atoms with Crippen molar-refractivity contribution in [3.63, 3.8) is 0 Å². The molecule has 1 aromatic carbocycles. The summed E-state index contributed by atoms with van der Waals surface area (Å²) in [7, 11) is 0. The van der Waals surface area contributed by atoms with E-state index in [9.17, 15) is 4.79 Å². The number of rotatable bonds is 10. The van der Waals surface area contributed by atoms with E-state index < -0.39 is 0 Å². The van der Waals surface area contributed by atoms with Gasteiger partial charge in [0.2, 0.25) is 0 Å². The van der Waals surface area contributed by atoms with E-state index in [1.165, 1.54) is 0 Å². The van der Waals surface area contributed by atoms with Gasteiger partial charge in [-0.05, 0) is 49.6 Å². The van der Waals surface area contributed by atoms with Gasteiger partial charge in [0.1, 0.15) is 10.9 Å². The molecular formula is C21H28ClN5O2. The Balaban J connectivity index is 1.87. The van der Waals surface area contributed by atoms with Crippen molar-refractivity contribution in [2.24, 2.45) is 4.99 Å². The van der Waals surface area contributed by atoms with Gasteiger partial charge in [-0.15, -0.1) is 0 Å². The number of amides is 1. The lowest BCUT2D eigenvalue weighted by atomic mass is 10.2. The highest BCUT2D eigenvalue weighted by Crippen LogP contribution is 2.14.